The third-order valence-electron chi connectivity index (χ3n) is 3.28. The second-order valence-electron chi connectivity index (χ2n) is 4.57. The summed E-state index contributed by atoms with van der Waals surface area (Å²) in [7, 11) is 0. The van der Waals surface area contributed by atoms with E-state index < -0.39 is 0 Å². The van der Waals surface area contributed by atoms with Gasteiger partial charge in [-0.15, -0.1) is 0 Å². The van der Waals surface area contributed by atoms with Crippen molar-refractivity contribution in [2.45, 2.75) is 38.4 Å². The monoisotopic (exact) mass is 239 g/mol. The molecule has 0 bridgehead atoms. The van der Waals surface area contributed by atoms with Gasteiger partial charge in [-0.25, -0.2) is 0 Å². The highest BCUT2D eigenvalue weighted by atomic mass is 35.5. The molecule has 0 amide bonds. The first-order chi connectivity index (χ1) is 7.66. The molecule has 16 heavy (non-hydrogen) atoms. The largest absolute Gasteiger partial charge is 0.328 e. The Hall–Kier alpha value is -0.640. The summed E-state index contributed by atoms with van der Waals surface area (Å²) in [6, 6.07) is 2.89. The summed E-state index contributed by atoms with van der Waals surface area (Å²) in [6.07, 6.45) is 5.65. The Morgan fingerprint density at radius 2 is 2.44 bits per heavy atom. The maximum absolute atomic E-state index is 6.11. The Balaban J connectivity index is 2.02. The van der Waals surface area contributed by atoms with Crippen LogP contribution in [-0.2, 0) is 6.54 Å². The predicted molar refractivity (Wildman–Crippen MR) is 66.3 cm³/mol. The van der Waals surface area contributed by atoms with Crippen LogP contribution in [0.4, 0.5) is 0 Å². The Bertz CT molecular complexity index is 356. The molecule has 2 rings (SSSR count). The molecule has 4 heteroatoms. The van der Waals surface area contributed by atoms with Crippen molar-refractivity contribution in [1.82, 2.24) is 9.88 Å². The molecule has 1 aliphatic heterocycles. The number of nitrogens with two attached hydrogens (primary N) is 1. The van der Waals surface area contributed by atoms with Gasteiger partial charge in [0.1, 0.15) is 0 Å². The van der Waals surface area contributed by atoms with Crippen molar-refractivity contribution >= 4 is 11.6 Å². The van der Waals surface area contributed by atoms with Crippen LogP contribution in [0.25, 0.3) is 0 Å². The number of nitrogens with zero attached hydrogens (tertiary/aromatic N) is 2. The molecule has 2 atom stereocenters. The normalized spacial score (nSPS) is 26.9. The van der Waals surface area contributed by atoms with Crippen molar-refractivity contribution in [2.24, 2.45) is 5.73 Å². The molecular formula is C12H18ClN3. The zero-order chi connectivity index (χ0) is 11.5. The second-order valence-corrected chi connectivity index (χ2v) is 4.98. The fourth-order valence-electron chi connectivity index (χ4n) is 2.24. The summed E-state index contributed by atoms with van der Waals surface area (Å²) in [5, 5.41) is 0.754. The maximum atomic E-state index is 6.11. The van der Waals surface area contributed by atoms with Crippen LogP contribution < -0.4 is 5.73 Å². The van der Waals surface area contributed by atoms with Gasteiger partial charge in [-0.2, -0.15) is 0 Å². The van der Waals surface area contributed by atoms with Crippen LogP contribution in [0.5, 0.6) is 0 Å². The first kappa shape index (κ1) is 11.8. The molecule has 0 spiro atoms. The van der Waals surface area contributed by atoms with Crippen LogP contribution in [0.15, 0.2) is 18.5 Å². The molecule has 1 aromatic rings. The van der Waals surface area contributed by atoms with Gasteiger partial charge in [-0.3, -0.25) is 9.88 Å². The molecule has 1 aliphatic rings. The molecule has 0 saturated carbocycles. The smallest absolute Gasteiger partial charge is 0.0634 e. The maximum Gasteiger partial charge on any atom is 0.0634 e. The van der Waals surface area contributed by atoms with E-state index in [9.17, 15) is 0 Å². The Morgan fingerprint density at radius 3 is 3.12 bits per heavy atom. The number of hydrogen-bond donors (Lipinski definition) is 1. The van der Waals surface area contributed by atoms with Gasteiger partial charge in [0.2, 0.25) is 0 Å². The predicted octanol–water partition coefficient (Wildman–Crippen LogP) is 2.05. The standard InChI is InChI=1S/C12H18ClN3/c1-9-6-11(14)3-5-16(9)8-10-2-4-15-7-12(10)13/h2,4,7,9,11H,3,5-6,8,14H2,1H3. The molecule has 88 valence electrons. The quantitative estimate of drug-likeness (QED) is 0.859. The van der Waals surface area contributed by atoms with Crippen LogP contribution >= 0.6 is 11.6 Å². The second kappa shape index (κ2) is 5.13. The van der Waals surface area contributed by atoms with Gasteiger partial charge >= 0.3 is 0 Å². The minimum Gasteiger partial charge on any atom is -0.328 e. The van der Waals surface area contributed by atoms with Gasteiger partial charge in [-0.05, 0) is 31.4 Å². The Morgan fingerprint density at radius 1 is 1.62 bits per heavy atom. The molecule has 2 heterocycles. The van der Waals surface area contributed by atoms with Crippen molar-refractivity contribution in [1.29, 1.82) is 0 Å². The zero-order valence-corrected chi connectivity index (χ0v) is 10.3. The molecule has 0 aliphatic carbocycles. The van der Waals surface area contributed by atoms with Gasteiger partial charge in [0.15, 0.2) is 0 Å². The molecule has 1 aromatic heterocycles. The summed E-state index contributed by atoms with van der Waals surface area (Å²) in [5.74, 6) is 0. The summed E-state index contributed by atoms with van der Waals surface area (Å²) in [4.78, 5) is 6.43. The lowest BCUT2D eigenvalue weighted by Gasteiger charge is -2.36. The van der Waals surface area contributed by atoms with Gasteiger partial charge < -0.3 is 5.73 Å². The lowest BCUT2D eigenvalue weighted by atomic mass is 9.98. The van der Waals surface area contributed by atoms with E-state index in [1.807, 2.05) is 6.07 Å². The van der Waals surface area contributed by atoms with Crippen molar-refractivity contribution in [3.05, 3.63) is 29.0 Å². The highest BCUT2D eigenvalue weighted by Crippen LogP contribution is 2.21. The van der Waals surface area contributed by atoms with Crippen molar-refractivity contribution in [3.63, 3.8) is 0 Å². The van der Waals surface area contributed by atoms with Gasteiger partial charge in [0, 0.05) is 37.6 Å². The SMILES string of the molecule is CC1CC(N)CCN1Cc1ccncc1Cl. The topological polar surface area (TPSA) is 42.1 Å². The van der Waals surface area contributed by atoms with Crippen LogP contribution in [0, 0.1) is 0 Å². The molecular weight excluding hydrogens is 222 g/mol. The lowest BCUT2D eigenvalue weighted by Crippen LogP contribution is -2.44. The number of pyridine rings is 1. The van der Waals surface area contributed by atoms with Gasteiger partial charge in [-0.1, -0.05) is 11.6 Å². The molecule has 3 nitrogen and oxygen atoms in total. The number of halogens is 1. The summed E-state index contributed by atoms with van der Waals surface area (Å²) in [6.45, 7) is 4.18. The molecule has 0 radical (unpaired) electrons. The van der Waals surface area contributed by atoms with E-state index in [-0.39, 0.29) is 0 Å². The molecule has 1 saturated heterocycles. The fourth-order valence-corrected chi connectivity index (χ4v) is 2.42. The van der Waals surface area contributed by atoms with Crippen molar-refractivity contribution in [2.75, 3.05) is 6.54 Å². The van der Waals surface area contributed by atoms with E-state index in [1.54, 1.807) is 12.4 Å². The minimum atomic E-state index is 0.360. The molecule has 2 N–H and O–H groups in total. The number of rotatable bonds is 2. The molecule has 2 unspecified atom stereocenters. The average Bonchev–Trinajstić information content (AvgIpc) is 2.25. The van der Waals surface area contributed by atoms with Crippen LogP contribution in [0.1, 0.15) is 25.3 Å². The summed E-state index contributed by atoms with van der Waals surface area (Å²) >= 11 is 6.11. The molecule has 0 aromatic carbocycles. The number of likely N-dealkylation sites (tertiary alicyclic amines) is 1. The Labute approximate surface area is 102 Å². The van der Waals surface area contributed by atoms with Gasteiger partial charge in [0.25, 0.3) is 0 Å². The van der Waals surface area contributed by atoms with E-state index in [0.717, 1.165) is 36.5 Å². The third-order valence-corrected chi connectivity index (χ3v) is 3.62. The van der Waals surface area contributed by atoms with Crippen LogP contribution in [0.2, 0.25) is 5.02 Å². The fraction of sp³-hybridized carbons (Fsp3) is 0.583. The lowest BCUT2D eigenvalue weighted by molar-refractivity contribution is 0.140. The van der Waals surface area contributed by atoms with Crippen LogP contribution in [0.3, 0.4) is 0 Å². The van der Waals surface area contributed by atoms with Crippen molar-refractivity contribution in [3.8, 4) is 0 Å². The van der Waals surface area contributed by atoms with E-state index in [1.165, 1.54) is 0 Å². The molecule has 1 fully saturated rings. The number of hydrogen-bond acceptors (Lipinski definition) is 3. The highest BCUT2D eigenvalue weighted by Gasteiger charge is 2.23. The van der Waals surface area contributed by atoms with E-state index in [2.05, 4.69) is 16.8 Å². The first-order valence-corrected chi connectivity index (χ1v) is 6.12. The van der Waals surface area contributed by atoms with Crippen LogP contribution in [-0.4, -0.2) is 28.5 Å². The summed E-state index contributed by atoms with van der Waals surface area (Å²) in [5.41, 5.74) is 7.10. The number of piperidine rings is 1. The first-order valence-electron chi connectivity index (χ1n) is 5.75. The number of aromatic nitrogens is 1. The minimum absolute atomic E-state index is 0.360. The highest BCUT2D eigenvalue weighted by molar-refractivity contribution is 6.31. The van der Waals surface area contributed by atoms with E-state index in [0.29, 0.717) is 12.1 Å². The van der Waals surface area contributed by atoms with Crippen molar-refractivity contribution < 1.29 is 0 Å². The average molecular weight is 240 g/mol. The van der Waals surface area contributed by atoms with E-state index in [4.69, 9.17) is 17.3 Å². The third kappa shape index (κ3) is 2.73. The summed E-state index contributed by atoms with van der Waals surface area (Å²) < 4.78 is 0. The zero-order valence-electron chi connectivity index (χ0n) is 9.56. The van der Waals surface area contributed by atoms with Gasteiger partial charge in [0.05, 0.1) is 5.02 Å². The van der Waals surface area contributed by atoms with E-state index >= 15 is 0 Å². The Kier molecular flexibility index (Phi) is 3.79.